The smallest absolute Gasteiger partial charge is 0.166 e. The van der Waals surface area contributed by atoms with Gasteiger partial charge in [-0.1, -0.05) is 0 Å². The molecule has 0 aromatic carbocycles. The molecule has 0 amide bonds. The van der Waals surface area contributed by atoms with Crippen molar-refractivity contribution in [3.8, 4) is 0 Å². The molecule has 11 heavy (non-hydrogen) atoms. The fourth-order valence-electron chi connectivity index (χ4n) is 1.07. The highest BCUT2D eigenvalue weighted by atomic mass is 16.1. The highest BCUT2D eigenvalue weighted by Gasteiger charge is 2.02. The van der Waals surface area contributed by atoms with Crippen LogP contribution in [0.3, 0.4) is 0 Å². The van der Waals surface area contributed by atoms with Crippen molar-refractivity contribution >= 4 is 12.6 Å². The molecule has 1 rings (SSSR count). The number of carbonyl (C=O) groups is 2. The molecule has 0 saturated heterocycles. The van der Waals surface area contributed by atoms with Gasteiger partial charge in [0.25, 0.3) is 0 Å². The first-order valence-corrected chi connectivity index (χ1v) is 3.43. The monoisotopic (exact) mass is 151 g/mol. The summed E-state index contributed by atoms with van der Waals surface area (Å²) in [6.07, 6.45) is 1.49. The van der Waals surface area contributed by atoms with E-state index in [4.69, 9.17) is 0 Å². The molecule has 0 aliphatic carbocycles. The molecular weight excluding hydrogens is 142 g/mol. The SMILES string of the molecule is CCn1c(C=O)ccc1C=O. The van der Waals surface area contributed by atoms with Gasteiger partial charge in [-0.2, -0.15) is 0 Å². The number of hydrogen-bond acceptors (Lipinski definition) is 2. The van der Waals surface area contributed by atoms with Crippen LogP contribution in [0.1, 0.15) is 27.9 Å². The Hall–Kier alpha value is -1.38. The van der Waals surface area contributed by atoms with E-state index in [-0.39, 0.29) is 0 Å². The summed E-state index contributed by atoms with van der Waals surface area (Å²) < 4.78 is 1.67. The van der Waals surface area contributed by atoms with Gasteiger partial charge in [-0.05, 0) is 19.1 Å². The van der Waals surface area contributed by atoms with Crippen LogP contribution >= 0.6 is 0 Å². The van der Waals surface area contributed by atoms with E-state index in [1.165, 1.54) is 0 Å². The summed E-state index contributed by atoms with van der Waals surface area (Å²) in [5.74, 6) is 0. The number of carbonyl (C=O) groups excluding carboxylic acids is 2. The van der Waals surface area contributed by atoms with Crippen LogP contribution in [0.2, 0.25) is 0 Å². The third-order valence-corrected chi connectivity index (χ3v) is 1.61. The topological polar surface area (TPSA) is 39.1 Å². The minimum Gasteiger partial charge on any atom is -0.336 e. The van der Waals surface area contributed by atoms with Crippen LogP contribution in [0.5, 0.6) is 0 Å². The van der Waals surface area contributed by atoms with Crippen molar-refractivity contribution in [1.82, 2.24) is 4.57 Å². The molecule has 0 unspecified atom stereocenters. The molecule has 0 bridgehead atoms. The Bertz CT molecular complexity index is 250. The number of nitrogens with zero attached hydrogens (tertiary/aromatic N) is 1. The maximum Gasteiger partial charge on any atom is 0.166 e. The molecule has 0 aliphatic heterocycles. The normalized spacial score (nSPS) is 9.55. The van der Waals surface area contributed by atoms with Crippen molar-refractivity contribution in [1.29, 1.82) is 0 Å². The third kappa shape index (κ3) is 1.22. The zero-order valence-corrected chi connectivity index (χ0v) is 6.28. The van der Waals surface area contributed by atoms with E-state index in [1.54, 1.807) is 16.7 Å². The van der Waals surface area contributed by atoms with Crippen LogP contribution in [0.25, 0.3) is 0 Å². The third-order valence-electron chi connectivity index (χ3n) is 1.61. The fourth-order valence-corrected chi connectivity index (χ4v) is 1.07. The average Bonchev–Trinajstić information content (AvgIpc) is 2.45. The van der Waals surface area contributed by atoms with Crippen molar-refractivity contribution in [2.75, 3.05) is 0 Å². The highest BCUT2D eigenvalue weighted by Crippen LogP contribution is 2.04. The summed E-state index contributed by atoms with van der Waals surface area (Å²) in [5.41, 5.74) is 1.10. The highest BCUT2D eigenvalue weighted by molar-refractivity contribution is 5.79. The first kappa shape index (κ1) is 7.72. The Kier molecular flexibility index (Phi) is 2.21. The van der Waals surface area contributed by atoms with Crippen molar-refractivity contribution in [3.63, 3.8) is 0 Å². The van der Waals surface area contributed by atoms with E-state index in [0.717, 1.165) is 12.6 Å². The van der Waals surface area contributed by atoms with E-state index < -0.39 is 0 Å². The van der Waals surface area contributed by atoms with Gasteiger partial charge in [0.1, 0.15) is 0 Å². The van der Waals surface area contributed by atoms with Gasteiger partial charge in [0.05, 0.1) is 11.4 Å². The van der Waals surface area contributed by atoms with Gasteiger partial charge in [-0.25, -0.2) is 0 Å². The molecule has 0 fully saturated rings. The van der Waals surface area contributed by atoms with Crippen LogP contribution in [-0.2, 0) is 6.54 Å². The average molecular weight is 151 g/mol. The van der Waals surface area contributed by atoms with Gasteiger partial charge in [0.15, 0.2) is 12.6 Å². The lowest BCUT2D eigenvalue weighted by Crippen LogP contribution is -2.03. The van der Waals surface area contributed by atoms with Crippen LogP contribution in [-0.4, -0.2) is 17.1 Å². The second-order valence-corrected chi connectivity index (χ2v) is 2.16. The van der Waals surface area contributed by atoms with Crippen molar-refractivity contribution in [2.24, 2.45) is 0 Å². The molecule has 0 atom stereocenters. The number of rotatable bonds is 3. The number of aromatic nitrogens is 1. The lowest BCUT2D eigenvalue weighted by atomic mass is 10.4. The molecule has 0 saturated carbocycles. The molecule has 3 nitrogen and oxygen atoms in total. The quantitative estimate of drug-likeness (QED) is 0.607. The van der Waals surface area contributed by atoms with Gasteiger partial charge in [0, 0.05) is 6.54 Å². The Morgan fingerprint density at radius 3 is 2.00 bits per heavy atom. The maximum atomic E-state index is 10.4. The molecule has 0 spiro atoms. The first-order chi connectivity index (χ1) is 5.33. The Balaban J connectivity index is 3.18. The number of aldehydes is 2. The molecule has 3 heteroatoms. The van der Waals surface area contributed by atoms with E-state index in [0.29, 0.717) is 17.9 Å². The summed E-state index contributed by atoms with van der Waals surface area (Å²) in [5, 5.41) is 0. The molecule has 1 aromatic heterocycles. The fraction of sp³-hybridized carbons (Fsp3) is 0.250. The maximum absolute atomic E-state index is 10.4. The summed E-state index contributed by atoms with van der Waals surface area (Å²) in [7, 11) is 0. The van der Waals surface area contributed by atoms with Gasteiger partial charge in [-0.3, -0.25) is 9.59 Å². The number of hydrogen-bond donors (Lipinski definition) is 0. The molecule has 58 valence electrons. The van der Waals surface area contributed by atoms with Crippen LogP contribution in [0.15, 0.2) is 12.1 Å². The Morgan fingerprint density at radius 1 is 1.27 bits per heavy atom. The van der Waals surface area contributed by atoms with Crippen LogP contribution in [0, 0.1) is 0 Å². The Morgan fingerprint density at radius 2 is 1.73 bits per heavy atom. The van der Waals surface area contributed by atoms with E-state index in [1.807, 2.05) is 6.92 Å². The summed E-state index contributed by atoms with van der Waals surface area (Å²) >= 11 is 0. The molecule has 0 radical (unpaired) electrons. The lowest BCUT2D eigenvalue weighted by Gasteiger charge is -2.01. The zero-order chi connectivity index (χ0) is 8.27. The van der Waals surface area contributed by atoms with Crippen molar-refractivity contribution < 1.29 is 9.59 Å². The zero-order valence-electron chi connectivity index (χ0n) is 6.28. The van der Waals surface area contributed by atoms with Gasteiger partial charge in [-0.15, -0.1) is 0 Å². The van der Waals surface area contributed by atoms with Crippen LogP contribution < -0.4 is 0 Å². The van der Waals surface area contributed by atoms with E-state index in [9.17, 15) is 9.59 Å². The minimum atomic E-state index is 0.551. The Labute approximate surface area is 64.6 Å². The lowest BCUT2D eigenvalue weighted by molar-refractivity contribution is 0.111. The van der Waals surface area contributed by atoms with E-state index >= 15 is 0 Å². The van der Waals surface area contributed by atoms with Gasteiger partial charge < -0.3 is 4.57 Å². The van der Waals surface area contributed by atoms with Crippen LogP contribution in [0.4, 0.5) is 0 Å². The second kappa shape index (κ2) is 3.14. The molecule has 0 aliphatic rings. The predicted octanol–water partition coefficient (Wildman–Crippen LogP) is 1.13. The standard InChI is InChI=1S/C8H9NO2/c1-2-9-7(5-10)3-4-8(9)6-11/h3-6H,2H2,1H3. The first-order valence-electron chi connectivity index (χ1n) is 3.43. The van der Waals surface area contributed by atoms with Crippen molar-refractivity contribution in [3.05, 3.63) is 23.5 Å². The van der Waals surface area contributed by atoms with Crippen molar-refractivity contribution in [2.45, 2.75) is 13.5 Å². The largest absolute Gasteiger partial charge is 0.336 e. The summed E-state index contributed by atoms with van der Waals surface area (Å²) in [6.45, 7) is 2.54. The summed E-state index contributed by atoms with van der Waals surface area (Å²) in [6, 6.07) is 3.28. The van der Waals surface area contributed by atoms with Gasteiger partial charge >= 0.3 is 0 Å². The molecule has 1 aromatic rings. The second-order valence-electron chi connectivity index (χ2n) is 2.16. The molecular formula is C8H9NO2. The molecule has 0 N–H and O–H groups in total. The minimum absolute atomic E-state index is 0.551. The predicted molar refractivity (Wildman–Crippen MR) is 40.9 cm³/mol. The van der Waals surface area contributed by atoms with Gasteiger partial charge in [0.2, 0.25) is 0 Å². The summed E-state index contributed by atoms with van der Waals surface area (Å²) in [4.78, 5) is 20.8. The molecule has 1 heterocycles. The van der Waals surface area contributed by atoms with E-state index in [2.05, 4.69) is 0 Å².